The maximum Gasteiger partial charge on any atom is 0.246 e. The highest BCUT2D eigenvalue weighted by molar-refractivity contribution is 6.30. The van der Waals surface area contributed by atoms with Crippen LogP contribution < -0.4 is 5.32 Å². The van der Waals surface area contributed by atoms with E-state index in [4.69, 9.17) is 21.1 Å². The fourth-order valence-corrected chi connectivity index (χ4v) is 4.43. The van der Waals surface area contributed by atoms with Crippen LogP contribution in [-0.2, 0) is 19.8 Å². The molecule has 1 aromatic carbocycles. The third-order valence-corrected chi connectivity index (χ3v) is 6.75. The van der Waals surface area contributed by atoms with Crippen LogP contribution in [0.15, 0.2) is 30.7 Å². The summed E-state index contributed by atoms with van der Waals surface area (Å²) in [5, 5.41) is 3.08. The molecule has 31 heavy (non-hydrogen) atoms. The molecule has 2 aliphatic carbocycles. The van der Waals surface area contributed by atoms with Gasteiger partial charge in [-0.1, -0.05) is 17.7 Å². The molecule has 2 fully saturated rings. The monoisotopic (exact) mass is 449 g/mol. The number of ether oxygens (including phenoxy) is 2. The van der Waals surface area contributed by atoms with Gasteiger partial charge in [0.25, 0.3) is 0 Å². The second-order valence-corrected chi connectivity index (χ2v) is 8.86. The van der Waals surface area contributed by atoms with Crippen LogP contribution in [0.2, 0.25) is 5.02 Å². The van der Waals surface area contributed by atoms with Gasteiger partial charge in [-0.3, -0.25) is 4.79 Å². The van der Waals surface area contributed by atoms with E-state index in [-0.39, 0.29) is 35.3 Å². The molecule has 0 aliphatic heterocycles. The molecule has 6 nitrogen and oxygen atoms in total. The van der Waals surface area contributed by atoms with Crippen molar-refractivity contribution in [3.05, 3.63) is 41.6 Å². The molecule has 168 valence electrons. The second-order valence-electron chi connectivity index (χ2n) is 8.45. The van der Waals surface area contributed by atoms with Gasteiger partial charge in [-0.25, -0.2) is 9.37 Å². The maximum atomic E-state index is 13.8. The van der Waals surface area contributed by atoms with E-state index in [0.717, 1.165) is 38.5 Å². The van der Waals surface area contributed by atoms with E-state index in [1.54, 1.807) is 18.5 Å². The third-order valence-electron chi connectivity index (χ3n) is 6.45. The Hall–Kier alpha value is -1.96. The van der Waals surface area contributed by atoms with Crippen LogP contribution >= 0.6 is 11.6 Å². The Bertz CT molecular complexity index is 909. The van der Waals surface area contributed by atoms with Gasteiger partial charge in [-0.2, -0.15) is 0 Å². The zero-order valence-corrected chi connectivity index (χ0v) is 18.5. The number of carbonyl (C=O) groups excluding carboxylic acids is 1. The minimum Gasteiger partial charge on any atom is -0.378 e. The van der Waals surface area contributed by atoms with Crippen LogP contribution in [0.5, 0.6) is 0 Å². The number of halogens is 2. The first-order valence-corrected chi connectivity index (χ1v) is 11.4. The van der Waals surface area contributed by atoms with Gasteiger partial charge in [0.1, 0.15) is 12.4 Å². The highest BCUT2D eigenvalue weighted by Gasteiger charge is 2.38. The molecule has 1 heterocycles. The molecule has 1 N–H and O–H groups in total. The highest BCUT2D eigenvalue weighted by Crippen LogP contribution is 2.42. The van der Waals surface area contributed by atoms with Gasteiger partial charge in [0, 0.05) is 30.5 Å². The van der Waals surface area contributed by atoms with Crippen molar-refractivity contribution in [3.8, 4) is 11.3 Å². The summed E-state index contributed by atoms with van der Waals surface area (Å²) < 4.78 is 27.1. The molecule has 4 rings (SSSR count). The van der Waals surface area contributed by atoms with Crippen LogP contribution in [0.4, 0.5) is 4.39 Å². The van der Waals surface area contributed by atoms with Crippen LogP contribution in [-0.4, -0.2) is 47.4 Å². The summed E-state index contributed by atoms with van der Waals surface area (Å²) in [7, 11) is 0. The lowest BCUT2D eigenvalue weighted by Gasteiger charge is -2.43. The van der Waals surface area contributed by atoms with Crippen molar-refractivity contribution in [2.24, 2.45) is 0 Å². The quantitative estimate of drug-likeness (QED) is 0.587. The predicted octanol–water partition coefficient (Wildman–Crippen LogP) is 4.31. The first-order chi connectivity index (χ1) is 15.0. The Morgan fingerprint density at radius 3 is 2.77 bits per heavy atom. The minimum absolute atomic E-state index is 0.0525. The smallest absolute Gasteiger partial charge is 0.246 e. The molecule has 2 aromatic rings. The summed E-state index contributed by atoms with van der Waals surface area (Å²) >= 11 is 5.78. The zero-order chi connectivity index (χ0) is 21.8. The van der Waals surface area contributed by atoms with Crippen LogP contribution in [0.1, 0.15) is 45.4 Å². The summed E-state index contributed by atoms with van der Waals surface area (Å²) in [5.41, 5.74) is 1.36. The molecule has 1 aromatic heterocycles. The fraction of sp³-hybridized carbons (Fsp3) is 0.565. The van der Waals surface area contributed by atoms with Crippen molar-refractivity contribution >= 4 is 17.5 Å². The summed E-state index contributed by atoms with van der Waals surface area (Å²) in [5.74, 6) is -0.537. The average molecular weight is 450 g/mol. The molecule has 0 radical (unpaired) electrons. The standard InChI is InChI=1S/C23H29ClFN3O3/c1-2-30-17-11-18(12-17)31-14-22(29)26-9-8-23(6-3-7-23)28-13-21(27-15-28)16-4-5-19(24)20(25)10-16/h4-5,10,13,15,17-18H,2-3,6-9,11-12,14H2,1H3,(H,26,29)/t17-,18+. The van der Waals surface area contributed by atoms with Crippen LogP contribution in [0, 0.1) is 5.82 Å². The Morgan fingerprint density at radius 1 is 1.32 bits per heavy atom. The Balaban J connectivity index is 1.26. The topological polar surface area (TPSA) is 65.4 Å². The molecule has 2 saturated carbocycles. The number of nitrogens with one attached hydrogen (secondary N) is 1. The van der Waals surface area contributed by atoms with E-state index < -0.39 is 5.82 Å². The molecule has 0 atom stereocenters. The molecule has 0 bridgehead atoms. The number of hydrogen-bond donors (Lipinski definition) is 1. The number of benzene rings is 1. The van der Waals surface area contributed by atoms with Crippen molar-refractivity contribution in [1.29, 1.82) is 0 Å². The number of amides is 1. The van der Waals surface area contributed by atoms with Gasteiger partial charge in [0.2, 0.25) is 5.91 Å². The van der Waals surface area contributed by atoms with Gasteiger partial charge < -0.3 is 19.4 Å². The predicted molar refractivity (Wildman–Crippen MR) is 116 cm³/mol. The third kappa shape index (κ3) is 5.10. The van der Waals surface area contributed by atoms with E-state index in [0.29, 0.717) is 24.4 Å². The van der Waals surface area contributed by atoms with E-state index in [1.165, 1.54) is 6.07 Å². The number of nitrogens with zero attached hydrogens (tertiary/aromatic N) is 2. The first-order valence-electron chi connectivity index (χ1n) is 11.0. The second kappa shape index (κ2) is 9.67. The molecular weight excluding hydrogens is 421 g/mol. The zero-order valence-electron chi connectivity index (χ0n) is 17.8. The molecule has 0 saturated heterocycles. The lowest BCUT2D eigenvalue weighted by atomic mass is 9.74. The summed E-state index contributed by atoms with van der Waals surface area (Å²) in [6.45, 7) is 3.37. The van der Waals surface area contributed by atoms with E-state index in [9.17, 15) is 9.18 Å². The molecule has 2 aliphatic rings. The van der Waals surface area contributed by atoms with Crippen molar-refractivity contribution in [1.82, 2.24) is 14.9 Å². The average Bonchev–Trinajstić information content (AvgIpc) is 3.18. The molecule has 8 heteroatoms. The lowest BCUT2D eigenvalue weighted by molar-refractivity contribution is -0.137. The first kappa shape index (κ1) is 22.2. The van der Waals surface area contributed by atoms with Crippen molar-refractivity contribution in [2.75, 3.05) is 19.8 Å². The number of imidazole rings is 1. The fourth-order valence-electron chi connectivity index (χ4n) is 4.31. The minimum atomic E-state index is -0.452. The molecule has 1 amide bonds. The van der Waals surface area contributed by atoms with Gasteiger partial charge in [0.15, 0.2) is 0 Å². The largest absolute Gasteiger partial charge is 0.378 e. The van der Waals surface area contributed by atoms with Gasteiger partial charge >= 0.3 is 0 Å². The van der Waals surface area contributed by atoms with Gasteiger partial charge in [-0.05, 0) is 57.6 Å². The maximum absolute atomic E-state index is 13.8. The van der Waals surface area contributed by atoms with Crippen molar-refractivity contribution in [2.45, 2.75) is 63.2 Å². The Labute approximate surface area is 187 Å². The normalized spacial score (nSPS) is 21.9. The van der Waals surface area contributed by atoms with E-state index >= 15 is 0 Å². The van der Waals surface area contributed by atoms with Crippen molar-refractivity contribution in [3.63, 3.8) is 0 Å². The molecule has 0 unspecified atom stereocenters. The van der Waals surface area contributed by atoms with Crippen LogP contribution in [0.3, 0.4) is 0 Å². The molecular formula is C23H29ClFN3O3. The highest BCUT2D eigenvalue weighted by atomic mass is 35.5. The summed E-state index contributed by atoms with van der Waals surface area (Å²) in [6, 6.07) is 4.72. The number of hydrogen-bond acceptors (Lipinski definition) is 4. The summed E-state index contributed by atoms with van der Waals surface area (Å²) in [4.78, 5) is 16.6. The van der Waals surface area contributed by atoms with E-state index in [2.05, 4.69) is 14.9 Å². The van der Waals surface area contributed by atoms with Crippen LogP contribution in [0.25, 0.3) is 11.3 Å². The molecule has 0 spiro atoms. The van der Waals surface area contributed by atoms with E-state index in [1.807, 2.05) is 13.1 Å². The Morgan fingerprint density at radius 2 is 2.10 bits per heavy atom. The van der Waals surface area contributed by atoms with Gasteiger partial charge in [-0.15, -0.1) is 0 Å². The summed E-state index contributed by atoms with van der Waals surface area (Å²) in [6.07, 6.45) is 9.92. The SMILES string of the molecule is CCO[C@H]1C[C@@H](OCC(=O)NCCC2(n3cnc(-c4ccc(Cl)c(F)c4)c3)CCC2)C1. The number of carbonyl (C=O) groups is 1. The number of aromatic nitrogens is 2. The Kier molecular flexibility index (Phi) is 6.94. The van der Waals surface area contributed by atoms with Gasteiger partial charge in [0.05, 0.1) is 29.3 Å². The lowest BCUT2D eigenvalue weighted by Crippen LogP contribution is -2.44. The van der Waals surface area contributed by atoms with Crippen molar-refractivity contribution < 1.29 is 18.7 Å². The number of rotatable bonds is 10.